The molecular formula is C18H20BrNO2. The van der Waals surface area contributed by atoms with Gasteiger partial charge < -0.3 is 10.1 Å². The third kappa shape index (κ3) is 4.10. The second-order valence-corrected chi connectivity index (χ2v) is 6.40. The van der Waals surface area contributed by atoms with Crippen LogP contribution in [0.1, 0.15) is 23.6 Å². The molecule has 2 aromatic carbocycles. The molecule has 0 fully saturated rings. The maximum absolute atomic E-state index is 12.3. The molecule has 2 aromatic rings. The molecule has 0 aliphatic rings. The summed E-state index contributed by atoms with van der Waals surface area (Å²) in [4.78, 5) is 12.3. The Kier molecular flexibility index (Phi) is 5.24. The molecule has 4 heteroatoms. The number of anilines is 1. The van der Waals surface area contributed by atoms with E-state index in [0.29, 0.717) is 5.75 Å². The van der Waals surface area contributed by atoms with Crippen LogP contribution in [0.4, 0.5) is 5.69 Å². The van der Waals surface area contributed by atoms with E-state index in [9.17, 15) is 4.79 Å². The number of carbonyl (C=O) groups is 1. The van der Waals surface area contributed by atoms with Gasteiger partial charge in [0.15, 0.2) is 6.10 Å². The molecule has 0 bridgehead atoms. The van der Waals surface area contributed by atoms with Crippen molar-refractivity contribution in [1.29, 1.82) is 0 Å². The second kappa shape index (κ2) is 6.97. The van der Waals surface area contributed by atoms with Gasteiger partial charge in [-0.3, -0.25) is 4.79 Å². The molecule has 0 unspecified atom stereocenters. The fourth-order valence-electron chi connectivity index (χ4n) is 2.40. The fraction of sp³-hybridized carbons (Fsp3) is 0.278. The molecule has 0 radical (unpaired) electrons. The van der Waals surface area contributed by atoms with Gasteiger partial charge in [0, 0.05) is 10.2 Å². The van der Waals surface area contributed by atoms with Gasteiger partial charge in [-0.2, -0.15) is 0 Å². The topological polar surface area (TPSA) is 38.3 Å². The summed E-state index contributed by atoms with van der Waals surface area (Å²) < 4.78 is 6.61. The molecule has 0 aliphatic heterocycles. The number of hydrogen-bond donors (Lipinski definition) is 1. The molecule has 1 amide bonds. The van der Waals surface area contributed by atoms with Crippen molar-refractivity contribution in [2.45, 2.75) is 33.8 Å². The summed E-state index contributed by atoms with van der Waals surface area (Å²) in [6, 6.07) is 11.6. The normalized spacial score (nSPS) is 11.9. The SMILES string of the molecule is Cc1cc(C)c(NC(=O)[C@H](C)Oc2cccc(Br)c2)c(C)c1. The Bertz CT molecular complexity index is 674. The highest BCUT2D eigenvalue weighted by Crippen LogP contribution is 2.23. The van der Waals surface area contributed by atoms with Crippen molar-refractivity contribution in [3.8, 4) is 5.75 Å². The largest absolute Gasteiger partial charge is 0.481 e. The first kappa shape index (κ1) is 16.6. The Morgan fingerprint density at radius 1 is 1.14 bits per heavy atom. The molecule has 3 nitrogen and oxygen atoms in total. The zero-order chi connectivity index (χ0) is 16.3. The van der Waals surface area contributed by atoms with Crippen LogP contribution in [-0.2, 0) is 4.79 Å². The first-order valence-electron chi connectivity index (χ1n) is 7.18. The van der Waals surface area contributed by atoms with Crippen molar-refractivity contribution in [3.05, 3.63) is 57.6 Å². The number of aryl methyl sites for hydroxylation is 3. The summed E-state index contributed by atoms with van der Waals surface area (Å²) in [7, 11) is 0. The van der Waals surface area contributed by atoms with Crippen LogP contribution in [0.3, 0.4) is 0 Å². The van der Waals surface area contributed by atoms with E-state index in [1.165, 1.54) is 5.56 Å². The first-order chi connectivity index (χ1) is 10.4. The molecule has 0 heterocycles. The molecule has 0 aliphatic carbocycles. The third-order valence-electron chi connectivity index (χ3n) is 3.40. The van der Waals surface area contributed by atoms with Gasteiger partial charge >= 0.3 is 0 Å². The van der Waals surface area contributed by atoms with Crippen molar-refractivity contribution in [2.24, 2.45) is 0 Å². The maximum Gasteiger partial charge on any atom is 0.265 e. The summed E-state index contributed by atoms with van der Waals surface area (Å²) >= 11 is 3.39. The lowest BCUT2D eigenvalue weighted by Gasteiger charge is -2.17. The van der Waals surface area contributed by atoms with Gasteiger partial charge in [0.05, 0.1) is 0 Å². The summed E-state index contributed by atoms with van der Waals surface area (Å²) in [5, 5.41) is 2.96. The van der Waals surface area contributed by atoms with Crippen molar-refractivity contribution in [1.82, 2.24) is 0 Å². The quantitative estimate of drug-likeness (QED) is 0.850. The standard InChI is InChI=1S/C18H20BrNO2/c1-11-8-12(2)17(13(3)9-11)20-18(21)14(4)22-16-7-5-6-15(19)10-16/h5-10,14H,1-4H3,(H,20,21)/t14-/m0/s1. The minimum Gasteiger partial charge on any atom is -0.481 e. The van der Waals surface area contributed by atoms with Crippen LogP contribution >= 0.6 is 15.9 Å². The molecule has 2 rings (SSSR count). The monoisotopic (exact) mass is 361 g/mol. The molecule has 1 atom stereocenters. The molecule has 22 heavy (non-hydrogen) atoms. The van der Waals surface area contributed by atoms with E-state index in [-0.39, 0.29) is 5.91 Å². The lowest BCUT2D eigenvalue weighted by atomic mass is 10.0. The summed E-state index contributed by atoms with van der Waals surface area (Å²) in [5.41, 5.74) is 4.16. The van der Waals surface area contributed by atoms with Gasteiger partial charge in [0.1, 0.15) is 5.75 Å². The number of hydrogen-bond acceptors (Lipinski definition) is 2. The van der Waals surface area contributed by atoms with Gasteiger partial charge in [0.25, 0.3) is 5.91 Å². The molecule has 1 N–H and O–H groups in total. The summed E-state index contributed by atoms with van der Waals surface area (Å²) in [5.74, 6) is 0.504. The minimum atomic E-state index is -0.575. The van der Waals surface area contributed by atoms with Crippen molar-refractivity contribution < 1.29 is 9.53 Å². The highest BCUT2D eigenvalue weighted by molar-refractivity contribution is 9.10. The van der Waals surface area contributed by atoms with Gasteiger partial charge in [0.2, 0.25) is 0 Å². The maximum atomic E-state index is 12.3. The van der Waals surface area contributed by atoms with E-state index in [4.69, 9.17) is 4.74 Å². The predicted molar refractivity (Wildman–Crippen MR) is 93.5 cm³/mol. The lowest BCUT2D eigenvalue weighted by Crippen LogP contribution is -2.30. The molecule has 0 saturated carbocycles. The Balaban J connectivity index is 2.09. The number of ether oxygens (including phenoxy) is 1. The fourth-order valence-corrected chi connectivity index (χ4v) is 2.78. The van der Waals surface area contributed by atoms with Gasteiger partial charge in [-0.1, -0.05) is 39.7 Å². The minimum absolute atomic E-state index is 0.157. The molecule has 0 aromatic heterocycles. The summed E-state index contributed by atoms with van der Waals surface area (Å²) in [6.45, 7) is 7.78. The van der Waals surface area contributed by atoms with Crippen LogP contribution in [0.5, 0.6) is 5.75 Å². The Morgan fingerprint density at radius 3 is 2.36 bits per heavy atom. The molecular weight excluding hydrogens is 342 g/mol. The van der Waals surface area contributed by atoms with E-state index in [1.807, 2.05) is 45.0 Å². The number of rotatable bonds is 4. The van der Waals surface area contributed by atoms with Crippen molar-refractivity contribution in [2.75, 3.05) is 5.32 Å². The van der Waals surface area contributed by atoms with E-state index < -0.39 is 6.10 Å². The van der Waals surface area contributed by atoms with Crippen LogP contribution in [0.25, 0.3) is 0 Å². The van der Waals surface area contributed by atoms with Crippen molar-refractivity contribution >= 4 is 27.5 Å². The lowest BCUT2D eigenvalue weighted by molar-refractivity contribution is -0.122. The molecule has 116 valence electrons. The number of benzene rings is 2. The van der Waals surface area contributed by atoms with Gasteiger partial charge in [-0.05, 0) is 57.0 Å². The van der Waals surface area contributed by atoms with E-state index in [0.717, 1.165) is 21.3 Å². The highest BCUT2D eigenvalue weighted by Gasteiger charge is 2.17. The van der Waals surface area contributed by atoms with Crippen LogP contribution < -0.4 is 10.1 Å². The summed E-state index contributed by atoms with van der Waals surface area (Å²) in [6.07, 6.45) is -0.575. The highest BCUT2D eigenvalue weighted by atomic mass is 79.9. The first-order valence-corrected chi connectivity index (χ1v) is 7.97. The van der Waals surface area contributed by atoms with E-state index in [1.54, 1.807) is 6.92 Å². The smallest absolute Gasteiger partial charge is 0.265 e. The van der Waals surface area contributed by atoms with Crippen LogP contribution in [0.2, 0.25) is 0 Å². The number of nitrogens with one attached hydrogen (secondary N) is 1. The van der Waals surface area contributed by atoms with Gasteiger partial charge in [-0.15, -0.1) is 0 Å². The van der Waals surface area contributed by atoms with Crippen LogP contribution in [0, 0.1) is 20.8 Å². The van der Waals surface area contributed by atoms with E-state index >= 15 is 0 Å². The van der Waals surface area contributed by atoms with Crippen molar-refractivity contribution in [3.63, 3.8) is 0 Å². The average Bonchev–Trinajstić information content (AvgIpc) is 2.42. The Labute approximate surface area is 139 Å². The van der Waals surface area contributed by atoms with Gasteiger partial charge in [-0.25, -0.2) is 0 Å². The van der Waals surface area contributed by atoms with Crippen LogP contribution in [0.15, 0.2) is 40.9 Å². The number of amides is 1. The predicted octanol–water partition coefficient (Wildman–Crippen LogP) is 4.78. The second-order valence-electron chi connectivity index (χ2n) is 5.48. The molecule has 0 saturated heterocycles. The van der Waals surface area contributed by atoms with Crippen LogP contribution in [-0.4, -0.2) is 12.0 Å². The Hall–Kier alpha value is -1.81. The number of halogens is 1. The molecule has 0 spiro atoms. The average molecular weight is 362 g/mol. The third-order valence-corrected chi connectivity index (χ3v) is 3.90. The zero-order valence-electron chi connectivity index (χ0n) is 13.2. The number of carbonyl (C=O) groups excluding carboxylic acids is 1. The van der Waals surface area contributed by atoms with E-state index in [2.05, 4.69) is 33.4 Å². The Morgan fingerprint density at radius 2 is 1.77 bits per heavy atom. The zero-order valence-corrected chi connectivity index (χ0v) is 14.8.